The minimum absolute atomic E-state index is 0.207. The molecule has 0 aliphatic carbocycles. The number of rotatable bonds is 23. The van der Waals surface area contributed by atoms with Crippen molar-refractivity contribution in [2.75, 3.05) is 0 Å². The van der Waals surface area contributed by atoms with E-state index in [1.807, 2.05) is 0 Å². The fraction of sp³-hybridized carbons (Fsp3) is 1.00. The lowest BCUT2D eigenvalue weighted by molar-refractivity contribution is 0.250. The van der Waals surface area contributed by atoms with Crippen LogP contribution in [0.2, 0.25) is 0 Å². The van der Waals surface area contributed by atoms with Crippen molar-refractivity contribution in [3.05, 3.63) is 0 Å². The van der Waals surface area contributed by atoms with E-state index in [9.17, 15) is 0 Å². The van der Waals surface area contributed by atoms with Crippen molar-refractivity contribution >= 4 is 0 Å². The third kappa shape index (κ3) is 16.8. The lowest BCUT2D eigenvalue weighted by Crippen LogP contribution is -2.49. The van der Waals surface area contributed by atoms with Gasteiger partial charge >= 0.3 is 0 Å². The number of hydrogen-bond donors (Lipinski definition) is 2. The van der Waals surface area contributed by atoms with Crippen LogP contribution < -0.4 is 11.3 Å². The maximum absolute atomic E-state index is 5.90. The van der Waals surface area contributed by atoms with E-state index in [2.05, 4.69) is 26.2 Å². The highest BCUT2D eigenvalue weighted by Crippen LogP contribution is 2.26. The van der Waals surface area contributed by atoms with Crippen molar-refractivity contribution in [3.63, 3.8) is 0 Å². The summed E-state index contributed by atoms with van der Waals surface area (Å²) in [6.45, 7) is 6.85. The van der Waals surface area contributed by atoms with Crippen molar-refractivity contribution in [3.8, 4) is 0 Å². The van der Waals surface area contributed by atoms with Gasteiger partial charge in [-0.1, -0.05) is 143 Å². The van der Waals surface area contributed by atoms with Gasteiger partial charge in [-0.3, -0.25) is 11.3 Å². The zero-order valence-corrected chi connectivity index (χ0v) is 20.1. The van der Waals surface area contributed by atoms with Gasteiger partial charge in [0.25, 0.3) is 0 Å². The predicted octanol–water partition coefficient (Wildman–Crippen LogP) is 8.83. The van der Waals surface area contributed by atoms with E-state index in [4.69, 9.17) is 5.84 Å². The molecule has 0 fully saturated rings. The summed E-state index contributed by atoms with van der Waals surface area (Å²) in [5.74, 6) is 5.90. The Bertz CT molecular complexity index is 284. The van der Waals surface area contributed by atoms with E-state index < -0.39 is 0 Å². The molecular weight excluding hydrogens is 340 g/mol. The van der Waals surface area contributed by atoms with Gasteiger partial charge in [0.15, 0.2) is 0 Å². The first kappa shape index (κ1) is 27.9. The Morgan fingerprint density at radius 1 is 0.429 bits per heavy atom. The van der Waals surface area contributed by atoms with E-state index in [-0.39, 0.29) is 5.54 Å². The molecule has 28 heavy (non-hydrogen) atoms. The molecule has 0 atom stereocenters. The van der Waals surface area contributed by atoms with E-state index in [1.165, 1.54) is 141 Å². The number of nitrogens with two attached hydrogens (primary N) is 1. The first-order valence-corrected chi connectivity index (χ1v) is 13.2. The molecule has 0 aromatic rings. The summed E-state index contributed by atoms with van der Waals surface area (Å²) in [5, 5.41) is 0. The average molecular weight is 397 g/mol. The normalized spacial score (nSPS) is 12.0. The van der Waals surface area contributed by atoms with E-state index in [1.54, 1.807) is 0 Å². The van der Waals surface area contributed by atoms with Gasteiger partial charge in [-0.05, 0) is 19.3 Å². The largest absolute Gasteiger partial charge is 0.271 e. The molecule has 0 aromatic heterocycles. The molecule has 0 heterocycles. The molecule has 170 valence electrons. The highest BCUT2D eigenvalue weighted by atomic mass is 15.3. The first-order chi connectivity index (χ1) is 13.7. The Labute approximate surface area is 179 Å². The van der Waals surface area contributed by atoms with Gasteiger partial charge in [-0.15, -0.1) is 0 Å². The molecule has 0 saturated heterocycles. The summed E-state index contributed by atoms with van der Waals surface area (Å²) >= 11 is 0. The molecule has 0 rings (SSSR count). The molecule has 2 nitrogen and oxygen atoms in total. The van der Waals surface area contributed by atoms with Gasteiger partial charge < -0.3 is 0 Å². The summed E-state index contributed by atoms with van der Waals surface area (Å²) < 4.78 is 0. The van der Waals surface area contributed by atoms with Crippen LogP contribution >= 0.6 is 0 Å². The number of hydrogen-bond acceptors (Lipinski definition) is 2. The van der Waals surface area contributed by atoms with Crippen molar-refractivity contribution < 1.29 is 0 Å². The lowest BCUT2D eigenvalue weighted by atomic mass is 9.84. The summed E-state index contributed by atoms with van der Waals surface area (Å²) in [5.41, 5.74) is 3.38. The smallest absolute Gasteiger partial charge is 0.0321 e. The van der Waals surface area contributed by atoms with Gasteiger partial charge in [0.2, 0.25) is 0 Å². The maximum Gasteiger partial charge on any atom is 0.0321 e. The van der Waals surface area contributed by atoms with E-state index in [0.29, 0.717) is 0 Å². The highest BCUT2D eigenvalue weighted by Gasteiger charge is 2.25. The maximum atomic E-state index is 5.90. The number of hydrazine groups is 1. The van der Waals surface area contributed by atoms with Crippen LogP contribution in [0.25, 0.3) is 0 Å². The Kier molecular flexibility index (Phi) is 21.6. The minimum atomic E-state index is 0.207. The molecule has 0 aromatic carbocycles. The molecule has 0 spiro atoms. The van der Waals surface area contributed by atoms with Gasteiger partial charge in [0.1, 0.15) is 0 Å². The van der Waals surface area contributed by atoms with Crippen molar-refractivity contribution in [1.82, 2.24) is 5.43 Å². The van der Waals surface area contributed by atoms with Gasteiger partial charge in [-0.25, -0.2) is 0 Å². The molecule has 0 saturated carbocycles. The predicted molar refractivity (Wildman–Crippen MR) is 129 cm³/mol. The van der Waals surface area contributed by atoms with Gasteiger partial charge in [0, 0.05) is 5.54 Å². The third-order valence-corrected chi connectivity index (χ3v) is 6.52. The first-order valence-electron chi connectivity index (χ1n) is 13.2. The van der Waals surface area contributed by atoms with Crippen LogP contribution in [-0.4, -0.2) is 5.54 Å². The minimum Gasteiger partial charge on any atom is -0.271 e. The molecule has 0 bridgehead atoms. The van der Waals surface area contributed by atoms with E-state index >= 15 is 0 Å². The second kappa shape index (κ2) is 21.6. The molecule has 0 radical (unpaired) electrons. The molecule has 3 N–H and O–H groups in total. The second-order valence-corrected chi connectivity index (χ2v) is 9.33. The SMILES string of the molecule is CCCCCCCCCCCCCCCCCCCC(CCC)(CCC)NN. The van der Waals surface area contributed by atoms with Crippen molar-refractivity contribution in [2.45, 2.75) is 168 Å². The van der Waals surface area contributed by atoms with Crippen LogP contribution in [0.5, 0.6) is 0 Å². The second-order valence-electron chi connectivity index (χ2n) is 9.33. The Balaban J connectivity index is 3.35. The standard InChI is InChI=1S/C26H56N2/c1-4-7-8-9-10-11-12-13-14-15-16-17-18-19-20-21-22-25-26(28-27,23-5-2)24-6-3/h28H,4-25,27H2,1-3H3. The zero-order valence-electron chi connectivity index (χ0n) is 20.1. The van der Waals surface area contributed by atoms with Crippen LogP contribution in [0.4, 0.5) is 0 Å². The van der Waals surface area contributed by atoms with Crippen LogP contribution in [-0.2, 0) is 0 Å². The average Bonchev–Trinajstić information content (AvgIpc) is 2.70. The summed E-state index contributed by atoms with van der Waals surface area (Å²) in [7, 11) is 0. The van der Waals surface area contributed by atoms with E-state index in [0.717, 1.165) is 0 Å². The topological polar surface area (TPSA) is 38.0 Å². The summed E-state index contributed by atoms with van der Waals surface area (Å²) in [6, 6.07) is 0. The molecule has 0 aliphatic heterocycles. The van der Waals surface area contributed by atoms with Crippen LogP contribution in [0.3, 0.4) is 0 Å². The molecule has 0 unspecified atom stereocenters. The highest BCUT2D eigenvalue weighted by molar-refractivity contribution is 4.85. The molecule has 0 aliphatic rings. The van der Waals surface area contributed by atoms with Crippen LogP contribution in [0.15, 0.2) is 0 Å². The number of nitrogens with one attached hydrogen (secondary N) is 1. The van der Waals surface area contributed by atoms with Crippen LogP contribution in [0.1, 0.15) is 162 Å². The third-order valence-electron chi connectivity index (χ3n) is 6.52. The van der Waals surface area contributed by atoms with Crippen LogP contribution in [0, 0.1) is 0 Å². The fourth-order valence-electron chi connectivity index (χ4n) is 4.74. The zero-order chi connectivity index (χ0) is 20.8. The molecule has 0 amide bonds. The number of unbranched alkanes of at least 4 members (excludes halogenated alkanes) is 16. The molecular formula is C26H56N2. The van der Waals surface area contributed by atoms with Gasteiger partial charge in [0.05, 0.1) is 0 Å². The van der Waals surface area contributed by atoms with Crippen molar-refractivity contribution in [2.24, 2.45) is 5.84 Å². The van der Waals surface area contributed by atoms with Gasteiger partial charge in [-0.2, -0.15) is 0 Å². The Hall–Kier alpha value is -0.0800. The quantitative estimate of drug-likeness (QED) is 0.103. The summed E-state index contributed by atoms with van der Waals surface area (Å²) in [6.07, 6.45) is 30.6. The fourth-order valence-corrected chi connectivity index (χ4v) is 4.74. The Morgan fingerprint density at radius 3 is 1.04 bits per heavy atom. The molecule has 2 heteroatoms. The lowest BCUT2D eigenvalue weighted by Gasteiger charge is -2.33. The van der Waals surface area contributed by atoms with Crippen molar-refractivity contribution in [1.29, 1.82) is 0 Å². The summed E-state index contributed by atoms with van der Waals surface area (Å²) in [4.78, 5) is 0. The monoisotopic (exact) mass is 396 g/mol. The Morgan fingerprint density at radius 2 is 0.750 bits per heavy atom.